The van der Waals surface area contributed by atoms with Crippen LogP contribution in [0.5, 0.6) is 0 Å². The molecule has 130 valence electrons. The van der Waals surface area contributed by atoms with Crippen molar-refractivity contribution in [1.29, 1.82) is 0 Å². The van der Waals surface area contributed by atoms with E-state index in [0.29, 0.717) is 26.2 Å². The molecule has 2 heterocycles. The zero-order valence-electron chi connectivity index (χ0n) is 12.9. The average Bonchev–Trinajstić information content (AvgIpc) is 2.53. The van der Waals surface area contributed by atoms with Gasteiger partial charge in [-0.3, -0.25) is 14.4 Å². The molecule has 0 aromatic carbocycles. The summed E-state index contributed by atoms with van der Waals surface area (Å²) in [7, 11) is 0. The third-order valence-corrected chi connectivity index (χ3v) is 4.41. The predicted molar refractivity (Wildman–Crippen MR) is 74.2 cm³/mol. The second-order valence-corrected chi connectivity index (χ2v) is 5.90. The molecule has 9 heteroatoms. The first-order valence-corrected chi connectivity index (χ1v) is 7.60. The number of carbonyl (C=O) groups is 3. The number of carbonyl (C=O) groups excluding carboxylic acids is 3. The van der Waals surface area contributed by atoms with Gasteiger partial charge in [-0.2, -0.15) is 13.2 Å². The highest BCUT2D eigenvalue weighted by Gasteiger charge is 2.44. The molecule has 2 aliphatic rings. The van der Waals surface area contributed by atoms with E-state index in [1.807, 2.05) is 0 Å². The maximum atomic E-state index is 12.4. The monoisotopic (exact) mass is 335 g/mol. The molecule has 0 radical (unpaired) electrons. The molecular formula is C14H20F3N3O3. The number of hydrogen-bond donors (Lipinski definition) is 0. The van der Waals surface area contributed by atoms with Gasteiger partial charge in [0.05, 0.1) is 0 Å². The SMILES string of the molecule is CC(=O)N1CCN(C(=O)C2CCN(C(=O)C(F)(F)F)CC2)CC1. The van der Waals surface area contributed by atoms with Crippen LogP contribution in [-0.2, 0) is 14.4 Å². The van der Waals surface area contributed by atoms with Crippen LogP contribution in [0.2, 0.25) is 0 Å². The smallest absolute Gasteiger partial charge is 0.339 e. The highest BCUT2D eigenvalue weighted by atomic mass is 19.4. The lowest BCUT2D eigenvalue weighted by Crippen LogP contribution is -2.53. The summed E-state index contributed by atoms with van der Waals surface area (Å²) in [6.07, 6.45) is -4.37. The second-order valence-electron chi connectivity index (χ2n) is 5.90. The lowest BCUT2D eigenvalue weighted by molar-refractivity contribution is -0.187. The van der Waals surface area contributed by atoms with E-state index in [4.69, 9.17) is 0 Å². The minimum Gasteiger partial charge on any atom is -0.339 e. The molecular weight excluding hydrogens is 315 g/mol. The number of piperazine rings is 1. The summed E-state index contributed by atoms with van der Waals surface area (Å²) < 4.78 is 37.2. The molecule has 23 heavy (non-hydrogen) atoms. The number of piperidine rings is 1. The first-order valence-electron chi connectivity index (χ1n) is 7.60. The van der Waals surface area contributed by atoms with E-state index in [2.05, 4.69) is 0 Å². The number of hydrogen-bond acceptors (Lipinski definition) is 3. The fourth-order valence-electron chi connectivity index (χ4n) is 3.01. The minimum atomic E-state index is -4.86. The third-order valence-electron chi connectivity index (χ3n) is 4.41. The van der Waals surface area contributed by atoms with Crippen LogP contribution in [0.1, 0.15) is 19.8 Å². The predicted octanol–water partition coefficient (Wildman–Crippen LogP) is 0.478. The van der Waals surface area contributed by atoms with E-state index in [-0.39, 0.29) is 43.7 Å². The molecule has 2 rings (SSSR count). The van der Waals surface area contributed by atoms with Crippen LogP contribution in [-0.4, -0.2) is 77.9 Å². The highest BCUT2D eigenvalue weighted by Crippen LogP contribution is 2.25. The molecule has 0 aromatic heterocycles. The molecule has 0 aliphatic carbocycles. The Bertz CT molecular complexity index is 479. The van der Waals surface area contributed by atoms with Crippen molar-refractivity contribution in [1.82, 2.24) is 14.7 Å². The molecule has 0 spiro atoms. The molecule has 0 unspecified atom stereocenters. The lowest BCUT2D eigenvalue weighted by Gasteiger charge is -2.38. The molecule has 0 atom stereocenters. The molecule has 0 saturated carbocycles. The number of nitrogens with zero attached hydrogens (tertiary/aromatic N) is 3. The van der Waals surface area contributed by atoms with E-state index >= 15 is 0 Å². The topological polar surface area (TPSA) is 60.9 Å². The molecule has 0 bridgehead atoms. The van der Waals surface area contributed by atoms with Gasteiger partial charge in [0.2, 0.25) is 11.8 Å². The zero-order chi connectivity index (χ0) is 17.2. The molecule has 2 fully saturated rings. The highest BCUT2D eigenvalue weighted by molar-refractivity contribution is 5.83. The maximum Gasteiger partial charge on any atom is 0.471 e. The normalized spacial score (nSPS) is 20.6. The van der Waals surface area contributed by atoms with Crippen molar-refractivity contribution in [2.45, 2.75) is 25.9 Å². The van der Waals surface area contributed by atoms with Crippen LogP contribution in [0.4, 0.5) is 13.2 Å². The van der Waals surface area contributed by atoms with Gasteiger partial charge >= 0.3 is 12.1 Å². The largest absolute Gasteiger partial charge is 0.471 e. The molecule has 6 nitrogen and oxygen atoms in total. The summed E-state index contributed by atoms with van der Waals surface area (Å²) in [4.78, 5) is 38.9. The van der Waals surface area contributed by atoms with Gasteiger partial charge < -0.3 is 14.7 Å². The number of halogens is 3. The van der Waals surface area contributed by atoms with E-state index in [1.165, 1.54) is 6.92 Å². The minimum absolute atomic E-state index is 0.0314. The number of likely N-dealkylation sites (tertiary alicyclic amines) is 1. The quantitative estimate of drug-likeness (QED) is 0.700. The third kappa shape index (κ3) is 4.14. The van der Waals surface area contributed by atoms with E-state index in [9.17, 15) is 27.6 Å². The molecule has 0 N–H and O–H groups in total. The maximum absolute atomic E-state index is 12.4. The summed E-state index contributed by atoms with van der Waals surface area (Å²) in [6, 6.07) is 0. The first-order chi connectivity index (χ1) is 10.7. The van der Waals surface area contributed by atoms with Gasteiger partial charge in [-0.05, 0) is 12.8 Å². The molecule has 2 saturated heterocycles. The van der Waals surface area contributed by atoms with E-state index in [0.717, 1.165) is 4.90 Å². The number of amides is 3. The fourth-order valence-corrected chi connectivity index (χ4v) is 3.01. The summed E-state index contributed by atoms with van der Waals surface area (Å²) in [5.74, 6) is -2.31. The van der Waals surface area contributed by atoms with Crippen LogP contribution >= 0.6 is 0 Å². The van der Waals surface area contributed by atoms with Crippen LogP contribution in [0.15, 0.2) is 0 Å². The Morgan fingerprint density at radius 3 is 1.74 bits per heavy atom. The van der Waals surface area contributed by atoms with Crippen molar-refractivity contribution in [3.8, 4) is 0 Å². The van der Waals surface area contributed by atoms with Crippen molar-refractivity contribution < 1.29 is 27.6 Å². The van der Waals surface area contributed by atoms with Gasteiger partial charge in [0, 0.05) is 52.1 Å². The van der Waals surface area contributed by atoms with Crippen molar-refractivity contribution in [3.63, 3.8) is 0 Å². The van der Waals surface area contributed by atoms with E-state index < -0.39 is 12.1 Å². The summed E-state index contributed by atoms with van der Waals surface area (Å²) in [6.45, 7) is 3.22. The fraction of sp³-hybridized carbons (Fsp3) is 0.786. The van der Waals surface area contributed by atoms with Gasteiger partial charge in [0.1, 0.15) is 0 Å². The van der Waals surface area contributed by atoms with Crippen LogP contribution in [0.3, 0.4) is 0 Å². The number of alkyl halides is 3. The van der Waals surface area contributed by atoms with Gasteiger partial charge in [-0.25, -0.2) is 0 Å². The van der Waals surface area contributed by atoms with Gasteiger partial charge in [0.15, 0.2) is 0 Å². The summed E-state index contributed by atoms with van der Waals surface area (Å²) in [5.41, 5.74) is 0. The van der Waals surface area contributed by atoms with Crippen molar-refractivity contribution in [2.75, 3.05) is 39.3 Å². The first kappa shape index (κ1) is 17.6. The van der Waals surface area contributed by atoms with Crippen molar-refractivity contribution in [2.24, 2.45) is 5.92 Å². The Balaban J connectivity index is 1.83. The van der Waals surface area contributed by atoms with Gasteiger partial charge in [0.25, 0.3) is 0 Å². The van der Waals surface area contributed by atoms with E-state index in [1.54, 1.807) is 9.80 Å². The standard InChI is InChI=1S/C14H20F3N3O3/c1-10(21)18-6-8-19(9-7-18)12(22)11-2-4-20(5-3-11)13(23)14(15,16)17/h11H,2-9H2,1H3. The molecule has 2 aliphatic heterocycles. The Morgan fingerprint density at radius 2 is 1.30 bits per heavy atom. The molecule has 3 amide bonds. The summed E-state index contributed by atoms with van der Waals surface area (Å²) in [5, 5.41) is 0. The molecule has 0 aromatic rings. The van der Waals surface area contributed by atoms with Gasteiger partial charge in [-0.15, -0.1) is 0 Å². The number of rotatable bonds is 1. The van der Waals surface area contributed by atoms with Crippen LogP contribution < -0.4 is 0 Å². The van der Waals surface area contributed by atoms with Crippen LogP contribution in [0.25, 0.3) is 0 Å². The lowest BCUT2D eigenvalue weighted by atomic mass is 9.95. The summed E-state index contributed by atoms with van der Waals surface area (Å²) >= 11 is 0. The Kier molecular flexibility index (Phi) is 5.16. The van der Waals surface area contributed by atoms with Crippen LogP contribution in [0, 0.1) is 5.92 Å². The Hall–Kier alpha value is -1.80. The van der Waals surface area contributed by atoms with Crippen molar-refractivity contribution >= 4 is 17.7 Å². The zero-order valence-corrected chi connectivity index (χ0v) is 12.9. The second kappa shape index (κ2) is 6.76. The average molecular weight is 335 g/mol. The Labute approximate surface area is 132 Å². The van der Waals surface area contributed by atoms with Gasteiger partial charge in [-0.1, -0.05) is 0 Å². The van der Waals surface area contributed by atoms with Crippen molar-refractivity contribution in [3.05, 3.63) is 0 Å². The Morgan fingerprint density at radius 1 is 0.826 bits per heavy atom.